The van der Waals surface area contributed by atoms with Crippen LogP contribution in [0.3, 0.4) is 0 Å². The highest BCUT2D eigenvalue weighted by Crippen LogP contribution is 2.26. The summed E-state index contributed by atoms with van der Waals surface area (Å²) >= 11 is 6.15. The molecule has 3 rings (SSSR count). The van der Waals surface area contributed by atoms with Gasteiger partial charge in [-0.3, -0.25) is 4.79 Å². The summed E-state index contributed by atoms with van der Waals surface area (Å²) in [5.41, 5.74) is 1.12. The lowest BCUT2D eigenvalue weighted by atomic mass is 10.1. The van der Waals surface area contributed by atoms with Crippen LogP contribution in [0.15, 0.2) is 53.1 Å². The monoisotopic (exact) mass is 371 g/mol. The maximum Gasteiger partial charge on any atom is 0.255 e. The van der Waals surface area contributed by atoms with Crippen molar-refractivity contribution in [2.45, 2.75) is 19.9 Å². The highest BCUT2D eigenvalue weighted by molar-refractivity contribution is 6.33. The molecule has 0 aliphatic rings. The molecule has 0 fully saturated rings. The van der Waals surface area contributed by atoms with Gasteiger partial charge in [0.25, 0.3) is 5.91 Å². The minimum atomic E-state index is -0.471. The third-order valence-electron chi connectivity index (χ3n) is 3.71. The van der Waals surface area contributed by atoms with Gasteiger partial charge >= 0.3 is 0 Å². The van der Waals surface area contributed by atoms with Gasteiger partial charge in [0.1, 0.15) is 11.8 Å². The Morgan fingerprint density at radius 2 is 1.96 bits per heavy atom. The molecule has 26 heavy (non-hydrogen) atoms. The second-order valence-corrected chi connectivity index (χ2v) is 5.97. The van der Waals surface area contributed by atoms with Crippen LogP contribution >= 0.6 is 11.6 Å². The minimum Gasteiger partial charge on any atom is -0.493 e. The molecule has 1 aromatic heterocycles. The average Bonchev–Trinajstić information content (AvgIpc) is 3.13. The van der Waals surface area contributed by atoms with Gasteiger partial charge in [0.15, 0.2) is 0 Å². The van der Waals surface area contributed by atoms with Crippen molar-refractivity contribution in [3.05, 3.63) is 65.0 Å². The molecule has 2 aromatic carbocycles. The van der Waals surface area contributed by atoms with E-state index in [1.54, 1.807) is 37.3 Å². The van der Waals surface area contributed by atoms with Crippen LogP contribution in [0.1, 0.15) is 36.1 Å². The summed E-state index contributed by atoms with van der Waals surface area (Å²) in [6.45, 7) is 4.11. The SMILES string of the molecule is CCOc1ccccc1C(=O)N[C@H](C)c1nc(-c2ccccc2Cl)no1. The van der Waals surface area contributed by atoms with E-state index < -0.39 is 6.04 Å². The fraction of sp³-hybridized carbons (Fsp3) is 0.211. The van der Waals surface area contributed by atoms with E-state index in [-0.39, 0.29) is 5.91 Å². The molecule has 0 aliphatic heterocycles. The number of carbonyl (C=O) groups excluding carboxylic acids is 1. The lowest BCUT2D eigenvalue weighted by Gasteiger charge is -2.12. The van der Waals surface area contributed by atoms with E-state index in [4.69, 9.17) is 20.9 Å². The van der Waals surface area contributed by atoms with Gasteiger partial charge in [-0.25, -0.2) is 0 Å². The van der Waals surface area contributed by atoms with Gasteiger partial charge in [-0.05, 0) is 38.1 Å². The molecular weight excluding hydrogens is 354 g/mol. The Morgan fingerprint density at radius 3 is 2.73 bits per heavy atom. The highest BCUT2D eigenvalue weighted by Gasteiger charge is 2.20. The first-order valence-corrected chi connectivity index (χ1v) is 8.59. The molecule has 1 atom stereocenters. The number of para-hydroxylation sites is 1. The van der Waals surface area contributed by atoms with E-state index in [1.165, 1.54) is 0 Å². The van der Waals surface area contributed by atoms with Gasteiger partial charge in [0, 0.05) is 5.56 Å². The van der Waals surface area contributed by atoms with Gasteiger partial charge in [-0.1, -0.05) is 41.0 Å². The number of aromatic nitrogens is 2. The highest BCUT2D eigenvalue weighted by atomic mass is 35.5. The molecule has 1 amide bonds. The first-order valence-electron chi connectivity index (χ1n) is 8.21. The number of nitrogens with zero attached hydrogens (tertiary/aromatic N) is 2. The minimum absolute atomic E-state index is 0.279. The quantitative estimate of drug-likeness (QED) is 0.699. The summed E-state index contributed by atoms with van der Waals surface area (Å²) in [7, 11) is 0. The number of benzene rings is 2. The molecule has 0 unspecified atom stereocenters. The Morgan fingerprint density at radius 1 is 1.23 bits per heavy atom. The number of hydrogen-bond donors (Lipinski definition) is 1. The molecule has 1 heterocycles. The van der Waals surface area contributed by atoms with E-state index in [2.05, 4.69) is 15.5 Å². The standard InChI is InChI=1S/C19H18ClN3O3/c1-3-25-16-11-7-5-9-14(16)18(24)21-12(2)19-22-17(23-26-19)13-8-4-6-10-15(13)20/h4-12H,3H2,1-2H3,(H,21,24)/t12-/m1/s1. The third kappa shape index (κ3) is 3.86. The average molecular weight is 372 g/mol. The number of ether oxygens (including phenoxy) is 1. The summed E-state index contributed by atoms with van der Waals surface area (Å²) in [5.74, 6) is 0.921. The van der Waals surface area contributed by atoms with Crippen LogP contribution in [0.5, 0.6) is 5.75 Å². The normalized spacial score (nSPS) is 11.8. The summed E-state index contributed by atoms with van der Waals surface area (Å²) in [6.07, 6.45) is 0. The Labute approximate surface area is 156 Å². The molecule has 0 saturated carbocycles. The molecule has 134 valence electrons. The molecule has 3 aromatic rings. The van der Waals surface area contributed by atoms with E-state index in [0.29, 0.717) is 40.2 Å². The van der Waals surface area contributed by atoms with E-state index >= 15 is 0 Å². The Bertz CT molecular complexity index is 910. The summed E-state index contributed by atoms with van der Waals surface area (Å²) in [5, 5.41) is 7.32. The van der Waals surface area contributed by atoms with Crippen LogP contribution < -0.4 is 10.1 Å². The lowest BCUT2D eigenvalue weighted by Crippen LogP contribution is -2.27. The summed E-state index contributed by atoms with van der Waals surface area (Å²) in [4.78, 5) is 16.9. The number of rotatable bonds is 6. The fourth-order valence-corrected chi connectivity index (χ4v) is 2.66. The van der Waals surface area contributed by atoms with E-state index in [1.807, 2.05) is 25.1 Å². The van der Waals surface area contributed by atoms with Gasteiger partial charge in [0.05, 0.1) is 17.2 Å². The molecule has 0 radical (unpaired) electrons. The van der Waals surface area contributed by atoms with Crippen molar-refractivity contribution in [3.8, 4) is 17.1 Å². The van der Waals surface area contributed by atoms with Crippen LogP contribution in [0.2, 0.25) is 5.02 Å². The molecule has 0 saturated heterocycles. The Kier molecular flexibility index (Phi) is 5.53. The van der Waals surface area contributed by atoms with Crippen molar-refractivity contribution in [2.75, 3.05) is 6.61 Å². The first-order chi connectivity index (χ1) is 12.6. The van der Waals surface area contributed by atoms with Gasteiger partial charge in [-0.2, -0.15) is 4.98 Å². The molecule has 6 nitrogen and oxygen atoms in total. The van der Waals surface area contributed by atoms with Crippen LogP contribution in [0, 0.1) is 0 Å². The van der Waals surface area contributed by atoms with Crippen molar-refractivity contribution in [3.63, 3.8) is 0 Å². The largest absolute Gasteiger partial charge is 0.493 e. The zero-order valence-electron chi connectivity index (χ0n) is 14.4. The predicted octanol–water partition coefficient (Wildman–Crippen LogP) is 4.28. The van der Waals surface area contributed by atoms with E-state index in [0.717, 1.165) is 0 Å². The van der Waals surface area contributed by atoms with Crippen molar-refractivity contribution >= 4 is 17.5 Å². The van der Waals surface area contributed by atoms with Crippen molar-refractivity contribution in [2.24, 2.45) is 0 Å². The maximum absolute atomic E-state index is 12.6. The molecular formula is C19H18ClN3O3. The van der Waals surface area contributed by atoms with Crippen LogP contribution in [0.25, 0.3) is 11.4 Å². The topological polar surface area (TPSA) is 77.2 Å². The molecule has 7 heteroatoms. The van der Waals surface area contributed by atoms with Crippen molar-refractivity contribution in [1.29, 1.82) is 0 Å². The van der Waals surface area contributed by atoms with Gasteiger partial charge in [-0.15, -0.1) is 0 Å². The Hall–Kier alpha value is -2.86. The van der Waals surface area contributed by atoms with Gasteiger partial charge < -0.3 is 14.6 Å². The molecule has 0 aliphatic carbocycles. The number of amides is 1. The Balaban J connectivity index is 1.76. The number of carbonyl (C=O) groups is 1. The first kappa shape index (κ1) is 17.9. The molecule has 1 N–H and O–H groups in total. The smallest absolute Gasteiger partial charge is 0.255 e. The van der Waals surface area contributed by atoms with Crippen molar-refractivity contribution < 1.29 is 14.1 Å². The van der Waals surface area contributed by atoms with Crippen LogP contribution in [0.4, 0.5) is 0 Å². The second kappa shape index (κ2) is 8.01. The molecule has 0 spiro atoms. The second-order valence-electron chi connectivity index (χ2n) is 5.56. The predicted molar refractivity (Wildman–Crippen MR) is 98.2 cm³/mol. The zero-order chi connectivity index (χ0) is 18.5. The zero-order valence-corrected chi connectivity index (χ0v) is 15.2. The van der Waals surface area contributed by atoms with Crippen molar-refractivity contribution in [1.82, 2.24) is 15.5 Å². The number of nitrogens with one attached hydrogen (secondary N) is 1. The molecule has 0 bridgehead atoms. The fourth-order valence-electron chi connectivity index (χ4n) is 2.43. The lowest BCUT2D eigenvalue weighted by molar-refractivity contribution is 0.0928. The number of halogens is 1. The summed E-state index contributed by atoms with van der Waals surface area (Å²) in [6, 6.07) is 13.8. The number of hydrogen-bond acceptors (Lipinski definition) is 5. The maximum atomic E-state index is 12.6. The summed E-state index contributed by atoms with van der Waals surface area (Å²) < 4.78 is 10.8. The third-order valence-corrected chi connectivity index (χ3v) is 4.04. The van der Waals surface area contributed by atoms with Gasteiger partial charge in [0.2, 0.25) is 11.7 Å². The van der Waals surface area contributed by atoms with E-state index in [9.17, 15) is 4.79 Å². The van der Waals surface area contributed by atoms with Crippen LogP contribution in [-0.2, 0) is 0 Å². The van der Waals surface area contributed by atoms with Crippen LogP contribution in [-0.4, -0.2) is 22.7 Å².